The summed E-state index contributed by atoms with van der Waals surface area (Å²) < 4.78 is 10.7. The summed E-state index contributed by atoms with van der Waals surface area (Å²) in [5.41, 5.74) is 2.33. The van der Waals surface area contributed by atoms with Crippen molar-refractivity contribution in [3.63, 3.8) is 0 Å². The van der Waals surface area contributed by atoms with Crippen LogP contribution in [0.4, 0.5) is 0 Å². The number of furan rings is 1. The zero-order valence-corrected chi connectivity index (χ0v) is 17.6. The van der Waals surface area contributed by atoms with Gasteiger partial charge in [0.05, 0.1) is 6.04 Å². The fraction of sp³-hybridized carbons (Fsp3) is 0.240. The van der Waals surface area contributed by atoms with E-state index in [9.17, 15) is 14.4 Å². The number of benzene rings is 2. The number of ether oxygens (including phenoxy) is 1. The van der Waals surface area contributed by atoms with E-state index in [-0.39, 0.29) is 23.5 Å². The standard InChI is InChI=1S/C25H25NO5/c1-3-7-21(19-8-5-4-6-9-19)26-24(28)16-30-25(29)23-15-14-22(31-23)20-12-10-18(11-13-20)17(2)27/h4-6,8-15,21H,3,7,16H2,1-2H3,(H,26,28)/t21-/m0/s1. The molecule has 0 unspecified atom stereocenters. The van der Waals surface area contributed by atoms with Gasteiger partial charge in [-0.2, -0.15) is 0 Å². The maximum absolute atomic E-state index is 12.3. The predicted molar refractivity (Wildman–Crippen MR) is 117 cm³/mol. The molecule has 160 valence electrons. The van der Waals surface area contributed by atoms with Crippen molar-refractivity contribution in [1.82, 2.24) is 5.32 Å². The third-order valence-electron chi connectivity index (χ3n) is 4.83. The Balaban J connectivity index is 1.57. The van der Waals surface area contributed by atoms with Crippen LogP contribution in [-0.4, -0.2) is 24.3 Å². The Kier molecular flexibility index (Phi) is 7.38. The third kappa shape index (κ3) is 5.92. The van der Waals surface area contributed by atoms with E-state index in [2.05, 4.69) is 5.32 Å². The Bertz CT molecular complexity index is 1040. The van der Waals surface area contributed by atoms with E-state index in [0.29, 0.717) is 11.3 Å². The lowest BCUT2D eigenvalue weighted by Gasteiger charge is -2.18. The van der Waals surface area contributed by atoms with Crippen molar-refractivity contribution in [3.05, 3.63) is 83.6 Å². The lowest BCUT2D eigenvalue weighted by molar-refractivity contribution is -0.125. The number of Topliss-reactive ketones (excluding diaryl/α,β-unsaturated/α-hetero) is 1. The number of carbonyl (C=O) groups excluding carboxylic acids is 3. The van der Waals surface area contributed by atoms with Crippen LogP contribution in [0.2, 0.25) is 0 Å². The highest BCUT2D eigenvalue weighted by Gasteiger charge is 2.18. The van der Waals surface area contributed by atoms with Crippen molar-refractivity contribution in [2.24, 2.45) is 0 Å². The average Bonchev–Trinajstić information content (AvgIpc) is 3.28. The number of ketones is 1. The first kappa shape index (κ1) is 22.0. The molecule has 3 rings (SSSR count). The highest BCUT2D eigenvalue weighted by Crippen LogP contribution is 2.23. The van der Waals surface area contributed by atoms with Crippen LogP contribution in [0.3, 0.4) is 0 Å². The van der Waals surface area contributed by atoms with Crippen LogP contribution in [0.1, 0.15) is 59.2 Å². The predicted octanol–water partition coefficient (Wildman–Crippen LogP) is 4.96. The van der Waals surface area contributed by atoms with Gasteiger partial charge in [0.15, 0.2) is 12.4 Å². The second-order valence-corrected chi connectivity index (χ2v) is 7.19. The largest absolute Gasteiger partial charge is 0.450 e. The summed E-state index contributed by atoms with van der Waals surface area (Å²) >= 11 is 0. The van der Waals surface area contributed by atoms with Crippen molar-refractivity contribution in [2.45, 2.75) is 32.7 Å². The maximum Gasteiger partial charge on any atom is 0.374 e. The van der Waals surface area contributed by atoms with E-state index in [4.69, 9.17) is 9.15 Å². The number of hydrogen-bond donors (Lipinski definition) is 1. The molecule has 0 bridgehead atoms. The van der Waals surface area contributed by atoms with Gasteiger partial charge in [-0.3, -0.25) is 9.59 Å². The van der Waals surface area contributed by atoms with Gasteiger partial charge < -0.3 is 14.5 Å². The third-order valence-corrected chi connectivity index (χ3v) is 4.83. The van der Waals surface area contributed by atoms with Gasteiger partial charge in [0.2, 0.25) is 5.76 Å². The Morgan fingerprint density at radius 3 is 2.32 bits per heavy atom. The molecule has 6 nitrogen and oxygen atoms in total. The smallest absolute Gasteiger partial charge is 0.374 e. The quantitative estimate of drug-likeness (QED) is 0.391. The second-order valence-electron chi connectivity index (χ2n) is 7.19. The topological polar surface area (TPSA) is 85.6 Å². The van der Waals surface area contributed by atoms with Gasteiger partial charge in [-0.25, -0.2) is 4.79 Å². The molecule has 0 aliphatic heterocycles. The van der Waals surface area contributed by atoms with E-state index < -0.39 is 12.6 Å². The molecule has 0 fully saturated rings. The molecule has 1 amide bonds. The summed E-state index contributed by atoms with van der Waals surface area (Å²) in [6, 6.07) is 19.6. The van der Waals surface area contributed by atoms with Crippen LogP contribution >= 0.6 is 0 Å². The van der Waals surface area contributed by atoms with Crippen molar-refractivity contribution < 1.29 is 23.5 Å². The Hall–Kier alpha value is -3.67. The fourth-order valence-corrected chi connectivity index (χ4v) is 3.21. The molecule has 0 saturated carbocycles. The molecule has 1 N–H and O–H groups in total. The van der Waals surface area contributed by atoms with E-state index in [1.165, 1.54) is 13.0 Å². The molecule has 6 heteroatoms. The number of amides is 1. The van der Waals surface area contributed by atoms with E-state index >= 15 is 0 Å². The van der Waals surface area contributed by atoms with Crippen LogP contribution in [0.5, 0.6) is 0 Å². The summed E-state index contributed by atoms with van der Waals surface area (Å²) in [5.74, 6) is -0.636. The van der Waals surface area contributed by atoms with Gasteiger partial charge in [-0.15, -0.1) is 0 Å². The first-order valence-electron chi connectivity index (χ1n) is 10.2. The number of rotatable bonds is 9. The van der Waals surface area contributed by atoms with Crippen molar-refractivity contribution in [3.8, 4) is 11.3 Å². The molecular weight excluding hydrogens is 394 g/mol. The second kappa shape index (κ2) is 10.4. The minimum Gasteiger partial charge on any atom is -0.450 e. The Morgan fingerprint density at radius 2 is 1.68 bits per heavy atom. The van der Waals surface area contributed by atoms with Crippen LogP contribution < -0.4 is 5.32 Å². The summed E-state index contributed by atoms with van der Waals surface area (Å²) in [7, 11) is 0. The summed E-state index contributed by atoms with van der Waals surface area (Å²) in [4.78, 5) is 36.0. The van der Waals surface area contributed by atoms with Gasteiger partial charge in [0.1, 0.15) is 5.76 Å². The maximum atomic E-state index is 12.3. The molecule has 0 radical (unpaired) electrons. The summed E-state index contributed by atoms with van der Waals surface area (Å²) in [6.45, 7) is 3.15. The van der Waals surface area contributed by atoms with Crippen LogP contribution in [0.25, 0.3) is 11.3 Å². The van der Waals surface area contributed by atoms with Crippen molar-refractivity contribution in [2.75, 3.05) is 6.61 Å². The highest BCUT2D eigenvalue weighted by atomic mass is 16.5. The monoisotopic (exact) mass is 419 g/mol. The molecular formula is C25H25NO5. The van der Waals surface area contributed by atoms with E-state index in [1.54, 1.807) is 30.3 Å². The summed E-state index contributed by atoms with van der Waals surface area (Å²) in [5, 5.41) is 2.91. The minimum absolute atomic E-state index is 0.00612. The van der Waals surface area contributed by atoms with Gasteiger partial charge in [-0.05, 0) is 31.0 Å². The lowest BCUT2D eigenvalue weighted by Crippen LogP contribution is -2.32. The number of hydrogen-bond acceptors (Lipinski definition) is 5. The van der Waals surface area contributed by atoms with Crippen LogP contribution in [0, 0.1) is 0 Å². The van der Waals surface area contributed by atoms with Gasteiger partial charge in [0.25, 0.3) is 5.91 Å². The van der Waals surface area contributed by atoms with Crippen molar-refractivity contribution >= 4 is 17.7 Å². The van der Waals surface area contributed by atoms with E-state index in [1.807, 2.05) is 37.3 Å². The molecule has 31 heavy (non-hydrogen) atoms. The first-order chi connectivity index (χ1) is 15.0. The molecule has 1 aromatic heterocycles. The molecule has 1 atom stereocenters. The van der Waals surface area contributed by atoms with Crippen molar-refractivity contribution in [1.29, 1.82) is 0 Å². The van der Waals surface area contributed by atoms with E-state index in [0.717, 1.165) is 24.0 Å². The van der Waals surface area contributed by atoms with Gasteiger partial charge in [-0.1, -0.05) is 67.9 Å². The SMILES string of the molecule is CCC[C@H](NC(=O)COC(=O)c1ccc(-c2ccc(C(C)=O)cc2)o1)c1ccccc1. The highest BCUT2D eigenvalue weighted by molar-refractivity contribution is 5.94. The number of esters is 1. The van der Waals surface area contributed by atoms with Gasteiger partial charge in [0, 0.05) is 11.1 Å². The Labute approximate surface area is 181 Å². The molecule has 0 spiro atoms. The molecule has 2 aromatic carbocycles. The molecule has 0 aliphatic carbocycles. The molecule has 3 aromatic rings. The Morgan fingerprint density at radius 1 is 0.968 bits per heavy atom. The average molecular weight is 419 g/mol. The molecule has 0 saturated heterocycles. The van der Waals surface area contributed by atoms with Gasteiger partial charge >= 0.3 is 5.97 Å². The first-order valence-corrected chi connectivity index (χ1v) is 10.2. The minimum atomic E-state index is -0.714. The van der Waals surface area contributed by atoms with Crippen LogP contribution in [0.15, 0.2) is 71.1 Å². The fourth-order valence-electron chi connectivity index (χ4n) is 3.21. The van der Waals surface area contributed by atoms with Crippen LogP contribution in [-0.2, 0) is 9.53 Å². The number of nitrogens with one attached hydrogen (secondary N) is 1. The zero-order chi connectivity index (χ0) is 22.2. The zero-order valence-electron chi connectivity index (χ0n) is 17.6. The molecule has 1 heterocycles. The molecule has 0 aliphatic rings. The normalized spacial score (nSPS) is 11.5. The number of carbonyl (C=O) groups is 3. The summed E-state index contributed by atoms with van der Waals surface area (Å²) in [6.07, 6.45) is 1.69. The lowest BCUT2D eigenvalue weighted by atomic mass is 10.0.